The van der Waals surface area contributed by atoms with E-state index in [0.717, 1.165) is 19.3 Å². The highest BCUT2D eigenvalue weighted by atomic mass is 16.6. The molecule has 1 atom stereocenters. The van der Waals surface area contributed by atoms with Gasteiger partial charge in [0.05, 0.1) is 11.0 Å². The first-order valence-corrected chi connectivity index (χ1v) is 5.83. The minimum atomic E-state index is -0.539. The van der Waals surface area contributed by atoms with E-state index in [-0.39, 0.29) is 17.5 Å². The van der Waals surface area contributed by atoms with Crippen molar-refractivity contribution in [3.05, 3.63) is 22.5 Å². The lowest BCUT2D eigenvalue weighted by molar-refractivity contribution is -0.385. The van der Waals surface area contributed by atoms with Gasteiger partial charge in [0.15, 0.2) is 5.78 Å². The topological polar surface area (TPSA) is 89.2 Å². The first-order valence-electron chi connectivity index (χ1n) is 5.83. The monoisotopic (exact) mass is 250 g/mol. The molecule has 1 fully saturated rings. The summed E-state index contributed by atoms with van der Waals surface area (Å²) in [7, 11) is 0. The normalized spacial score (nSPS) is 19.6. The van der Waals surface area contributed by atoms with Crippen molar-refractivity contribution < 1.29 is 9.72 Å². The number of carbonyl (C=O) groups excluding carboxylic acids is 1. The van der Waals surface area contributed by atoms with Gasteiger partial charge in [-0.15, -0.1) is 0 Å². The van der Waals surface area contributed by atoms with Gasteiger partial charge in [0.25, 0.3) is 0 Å². The van der Waals surface area contributed by atoms with Crippen LogP contribution in [-0.4, -0.2) is 33.3 Å². The first kappa shape index (κ1) is 12.4. The highest BCUT2D eigenvalue weighted by Gasteiger charge is 2.28. The summed E-state index contributed by atoms with van der Waals surface area (Å²) >= 11 is 0. The van der Waals surface area contributed by atoms with Gasteiger partial charge < -0.3 is 4.90 Å². The quantitative estimate of drug-likeness (QED) is 0.594. The van der Waals surface area contributed by atoms with Gasteiger partial charge >= 0.3 is 5.69 Å². The van der Waals surface area contributed by atoms with Crippen LogP contribution in [0.5, 0.6) is 0 Å². The second-order valence-corrected chi connectivity index (χ2v) is 4.31. The Morgan fingerprint density at radius 1 is 1.44 bits per heavy atom. The highest BCUT2D eigenvalue weighted by molar-refractivity contribution is 5.84. The van der Waals surface area contributed by atoms with Crippen LogP contribution in [-0.2, 0) is 4.79 Å². The zero-order valence-corrected chi connectivity index (χ0v) is 10.1. The molecule has 1 unspecified atom stereocenters. The van der Waals surface area contributed by atoms with Gasteiger partial charge in [-0.05, 0) is 26.2 Å². The summed E-state index contributed by atoms with van der Waals surface area (Å²) in [6.07, 6.45) is 5.12. The molecule has 2 rings (SSSR count). The van der Waals surface area contributed by atoms with Crippen LogP contribution in [0.2, 0.25) is 0 Å². The smallest absolute Gasteiger partial charge is 0.305 e. The summed E-state index contributed by atoms with van der Waals surface area (Å²) in [4.78, 5) is 31.3. The number of Topliss-reactive ketones (excluding diaryl/α,β-unsaturated/α-hetero) is 1. The Balaban J connectivity index is 2.23. The fourth-order valence-corrected chi connectivity index (χ4v) is 2.15. The van der Waals surface area contributed by atoms with Crippen molar-refractivity contribution in [2.45, 2.75) is 32.2 Å². The number of rotatable bonds is 3. The van der Waals surface area contributed by atoms with Gasteiger partial charge in [0.1, 0.15) is 12.4 Å². The minimum absolute atomic E-state index is 0.0802. The molecule has 0 bridgehead atoms. The Morgan fingerprint density at radius 3 is 2.67 bits per heavy atom. The van der Waals surface area contributed by atoms with Gasteiger partial charge in [-0.3, -0.25) is 14.9 Å². The molecule has 0 aromatic carbocycles. The SMILES string of the molecule is CC(=O)C1CCCCN1c1ncc([N+](=O)[O-])cn1. The van der Waals surface area contributed by atoms with Crippen LogP contribution in [0.3, 0.4) is 0 Å². The number of hydrogen-bond donors (Lipinski definition) is 0. The Labute approximate surface area is 104 Å². The minimum Gasteiger partial charge on any atom is -0.331 e. The maximum absolute atomic E-state index is 11.6. The number of aromatic nitrogens is 2. The van der Waals surface area contributed by atoms with Crippen molar-refractivity contribution in [2.24, 2.45) is 0 Å². The molecule has 0 amide bonds. The predicted molar refractivity (Wildman–Crippen MR) is 64.4 cm³/mol. The van der Waals surface area contributed by atoms with Crippen molar-refractivity contribution in [1.29, 1.82) is 0 Å². The Hall–Kier alpha value is -2.05. The van der Waals surface area contributed by atoms with Crippen molar-refractivity contribution in [3.8, 4) is 0 Å². The number of hydrogen-bond acceptors (Lipinski definition) is 6. The van der Waals surface area contributed by atoms with E-state index in [9.17, 15) is 14.9 Å². The van der Waals surface area contributed by atoms with E-state index < -0.39 is 4.92 Å². The molecular formula is C11H14N4O3. The number of piperidine rings is 1. The standard InChI is InChI=1S/C11H14N4O3/c1-8(16)10-4-2-3-5-14(10)11-12-6-9(7-13-11)15(17)18/h6-7,10H,2-5H2,1H3. The van der Waals surface area contributed by atoms with Gasteiger partial charge in [-0.2, -0.15) is 0 Å². The van der Waals surface area contributed by atoms with Gasteiger partial charge in [0.2, 0.25) is 5.95 Å². The lowest BCUT2D eigenvalue weighted by Gasteiger charge is -2.33. The van der Waals surface area contributed by atoms with Gasteiger partial charge in [-0.25, -0.2) is 9.97 Å². The fraction of sp³-hybridized carbons (Fsp3) is 0.545. The molecule has 0 saturated carbocycles. The van der Waals surface area contributed by atoms with Crippen LogP contribution in [0.1, 0.15) is 26.2 Å². The number of anilines is 1. The zero-order chi connectivity index (χ0) is 13.1. The van der Waals surface area contributed by atoms with Crippen LogP contribution < -0.4 is 4.90 Å². The maximum Gasteiger partial charge on any atom is 0.305 e. The van der Waals surface area contributed by atoms with Crippen LogP contribution in [0.25, 0.3) is 0 Å². The van der Waals surface area contributed by atoms with Crippen molar-refractivity contribution in [1.82, 2.24) is 9.97 Å². The zero-order valence-electron chi connectivity index (χ0n) is 10.1. The molecule has 1 aromatic rings. The van der Waals surface area contributed by atoms with Crippen LogP contribution in [0.15, 0.2) is 12.4 Å². The van der Waals surface area contributed by atoms with Crippen LogP contribution in [0.4, 0.5) is 11.6 Å². The number of nitro groups is 1. The fourth-order valence-electron chi connectivity index (χ4n) is 2.15. The van der Waals surface area contributed by atoms with Crippen molar-refractivity contribution in [2.75, 3.05) is 11.4 Å². The molecule has 0 N–H and O–H groups in total. The molecule has 1 aliphatic rings. The molecule has 0 spiro atoms. The molecule has 1 aliphatic heterocycles. The van der Waals surface area contributed by atoms with Crippen molar-refractivity contribution in [3.63, 3.8) is 0 Å². The van der Waals surface area contributed by atoms with E-state index in [1.807, 2.05) is 4.90 Å². The van der Waals surface area contributed by atoms with E-state index in [0.29, 0.717) is 12.5 Å². The summed E-state index contributed by atoms with van der Waals surface area (Å²) in [6.45, 7) is 2.26. The number of ketones is 1. The van der Waals surface area contributed by atoms with Crippen molar-refractivity contribution >= 4 is 17.4 Å². The predicted octanol–water partition coefficient (Wildman–Crippen LogP) is 1.33. The van der Waals surface area contributed by atoms with E-state index in [1.54, 1.807) is 6.92 Å². The van der Waals surface area contributed by atoms with Gasteiger partial charge in [0, 0.05) is 6.54 Å². The summed E-state index contributed by atoms with van der Waals surface area (Å²) in [5.41, 5.74) is -0.143. The molecule has 0 radical (unpaired) electrons. The third-order valence-corrected chi connectivity index (χ3v) is 3.06. The van der Waals surface area contributed by atoms with E-state index in [2.05, 4.69) is 9.97 Å². The molecular weight excluding hydrogens is 236 g/mol. The second-order valence-electron chi connectivity index (χ2n) is 4.31. The van der Waals surface area contributed by atoms with E-state index >= 15 is 0 Å². The Morgan fingerprint density at radius 2 is 2.11 bits per heavy atom. The number of carbonyl (C=O) groups is 1. The van der Waals surface area contributed by atoms with E-state index in [1.165, 1.54) is 12.4 Å². The molecule has 1 aromatic heterocycles. The third kappa shape index (κ3) is 2.44. The second kappa shape index (κ2) is 5.07. The molecule has 1 saturated heterocycles. The van der Waals surface area contributed by atoms with Crippen LogP contribution in [0, 0.1) is 10.1 Å². The summed E-state index contributed by atoms with van der Waals surface area (Å²) in [5, 5.41) is 10.5. The maximum atomic E-state index is 11.6. The number of nitrogens with zero attached hydrogens (tertiary/aromatic N) is 4. The Kier molecular flexibility index (Phi) is 3.50. The lowest BCUT2D eigenvalue weighted by atomic mass is 10.00. The molecule has 2 heterocycles. The van der Waals surface area contributed by atoms with Gasteiger partial charge in [-0.1, -0.05) is 0 Å². The summed E-state index contributed by atoms with van der Waals surface area (Å²) < 4.78 is 0. The van der Waals surface area contributed by atoms with E-state index in [4.69, 9.17) is 0 Å². The van der Waals surface area contributed by atoms with Crippen LogP contribution >= 0.6 is 0 Å². The first-order chi connectivity index (χ1) is 8.59. The Bertz CT molecular complexity index is 460. The summed E-state index contributed by atoms with van der Waals surface area (Å²) in [5.74, 6) is 0.470. The average molecular weight is 250 g/mol. The highest BCUT2D eigenvalue weighted by Crippen LogP contribution is 2.22. The molecule has 18 heavy (non-hydrogen) atoms. The average Bonchev–Trinajstić information content (AvgIpc) is 2.39. The molecule has 7 heteroatoms. The molecule has 0 aliphatic carbocycles. The third-order valence-electron chi connectivity index (χ3n) is 3.06. The largest absolute Gasteiger partial charge is 0.331 e. The lowest BCUT2D eigenvalue weighted by Crippen LogP contribution is -2.44. The molecule has 96 valence electrons. The molecule has 7 nitrogen and oxygen atoms in total. The summed E-state index contributed by atoms with van der Waals surface area (Å²) in [6, 6.07) is -0.208.